The Labute approximate surface area is 99.8 Å². The topological polar surface area (TPSA) is 91.7 Å². The maximum Gasteiger partial charge on any atom is 0.318 e. The molecule has 96 valence electrons. The number of carbonyl (C=O) groups is 3. The van der Waals surface area contributed by atoms with Crippen LogP contribution < -0.4 is 0 Å². The molecule has 0 aliphatic heterocycles. The van der Waals surface area contributed by atoms with E-state index in [1.54, 1.807) is 0 Å². The highest BCUT2D eigenvalue weighted by Gasteiger charge is 2.42. The monoisotopic (exact) mass is 242 g/mol. The van der Waals surface area contributed by atoms with Gasteiger partial charge in [0.05, 0.1) is 0 Å². The number of ketones is 1. The van der Waals surface area contributed by atoms with Crippen LogP contribution in [-0.4, -0.2) is 27.9 Å². The number of hydrogen-bond donors (Lipinski definition) is 2. The summed E-state index contributed by atoms with van der Waals surface area (Å²) in [5.74, 6) is -4.65. The quantitative estimate of drug-likeness (QED) is 0.714. The van der Waals surface area contributed by atoms with Crippen molar-refractivity contribution in [3.05, 3.63) is 0 Å². The van der Waals surface area contributed by atoms with Crippen molar-refractivity contribution in [2.45, 2.75) is 39.0 Å². The molecule has 1 fully saturated rings. The maximum atomic E-state index is 11.4. The van der Waals surface area contributed by atoms with Crippen LogP contribution in [-0.2, 0) is 14.4 Å². The molecule has 2 unspecified atom stereocenters. The third-order valence-corrected chi connectivity index (χ3v) is 3.48. The molecule has 1 aliphatic rings. The number of carbonyl (C=O) groups excluding carboxylic acids is 1. The zero-order chi connectivity index (χ0) is 13.0. The zero-order valence-electron chi connectivity index (χ0n) is 9.89. The zero-order valence-corrected chi connectivity index (χ0v) is 9.89. The summed E-state index contributed by atoms with van der Waals surface area (Å²) in [6.45, 7) is 1.98. The molecule has 5 nitrogen and oxygen atoms in total. The van der Waals surface area contributed by atoms with Crippen molar-refractivity contribution >= 4 is 17.7 Å². The fourth-order valence-corrected chi connectivity index (χ4v) is 2.68. The standard InChI is InChI=1S/C12H18O5/c1-2-3-7-4-5-8(13)6-9(7)10(11(14)15)12(16)17/h7,9-10H,2-6H2,1H3,(H,14,15)(H,16,17). The number of carboxylic acids is 2. The molecular weight excluding hydrogens is 224 g/mol. The predicted molar refractivity (Wildman–Crippen MR) is 59.5 cm³/mol. The average molecular weight is 242 g/mol. The van der Waals surface area contributed by atoms with Gasteiger partial charge < -0.3 is 10.2 Å². The lowest BCUT2D eigenvalue weighted by atomic mass is 9.70. The molecule has 0 aromatic rings. The molecule has 5 heteroatoms. The van der Waals surface area contributed by atoms with E-state index in [-0.39, 0.29) is 18.1 Å². The lowest BCUT2D eigenvalue weighted by Crippen LogP contribution is -2.39. The molecule has 0 bridgehead atoms. The molecule has 0 amide bonds. The van der Waals surface area contributed by atoms with Crippen molar-refractivity contribution in [3.63, 3.8) is 0 Å². The van der Waals surface area contributed by atoms with Crippen molar-refractivity contribution in [1.29, 1.82) is 0 Å². The van der Waals surface area contributed by atoms with Gasteiger partial charge in [-0.15, -0.1) is 0 Å². The number of aliphatic carboxylic acids is 2. The van der Waals surface area contributed by atoms with Crippen molar-refractivity contribution in [2.75, 3.05) is 0 Å². The van der Waals surface area contributed by atoms with E-state index < -0.39 is 23.8 Å². The van der Waals surface area contributed by atoms with E-state index in [1.807, 2.05) is 6.92 Å². The maximum absolute atomic E-state index is 11.4. The van der Waals surface area contributed by atoms with Gasteiger partial charge in [0.15, 0.2) is 5.92 Å². The fraction of sp³-hybridized carbons (Fsp3) is 0.750. The van der Waals surface area contributed by atoms with Crippen LogP contribution in [0.4, 0.5) is 0 Å². The van der Waals surface area contributed by atoms with E-state index in [1.165, 1.54) is 0 Å². The van der Waals surface area contributed by atoms with Crippen LogP contribution >= 0.6 is 0 Å². The van der Waals surface area contributed by atoms with Crippen molar-refractivity contribution in [1.82, 2.24) is 0 Å². The third-order valence-electron chi connectivity index (χ3n) is 3.48. The first-order valence-corrected chi connectivity index (χ1v) is 5.94. The predicted octanol–water partition coefficient (Wildman–Crippen LogP) is 1.56. The highest BCUT2D eigenvalue weighted by Crippen LogP contribution is 2.36. The van der Waals surface area contributed by atoms with E-state index in [0.29, 0.717) is 12.8 Å². The second-order valence-corrected chi connectivity index (χ2v) is 4.65. The van der Waals surface area contributed by atoms with E-state index in [2.05, 4.69) is 0 Å². The second-order valence-electron chi connectivity index (χ2n) is 4.65. The van der Waals surface area contributed by atoms with Gasteiger partial charge in [0.1, 0.15) is 5.78 Å². The smallest absolute Gasteiger partial charge is 0.318 e. The molecule has 2 N–H and O–H groups in total. The SMILES string of the molecule is CCCC1CCC(=O)CC1C(C(=O)O)C(=O)O. The van der Waals surface area contributed by atoms with Crippen LogP contribution in [0.2, 0.25) is 0 Å². The molecular formula is C12H18O5. The van der Waals surface area contributed by atoms with Gasteiger partial charge >= 0.3 is 11.9 Å². The van der Waals surface area contributed by atoms with E-state index in [0.717, 1.165) is 12.8 Å². The highest BCUT2D eigenvalue weighted by atomic mass is 16.4. The van der Waals surface area contributed by atoms with Crippen LogP contribution in [0, 0.1) is 17.8 Å². The van der Waals surface area contributed by atoms with E-state index >= 15 is 0 Å². The number of rotatable bonds is 5. The van der Waals surface area contributed by atoms with Crippen LogP contribution in [0.1, 0.15) is 39.0 Å². The van der Waals surface area contributed by atoms with Gasteiger partial charge in [-0.05, 0) is 18.3 Å². The summed E-state index contributed by atoms with van der Waals surface area (Å²) in [5.41, 5.74) is 0. The first-order valence-electron chi connectivity index (χ1n) is 5.94. The molecule has 0 radical (unpaired) electrons. The Morgan fingerprint density at radius 3 is 2.41 bits per heavy atom. The van der Waals surface area contributed by atoms with Crippen molar-refractivity contribution < 1.29 is 24.6 Å². The average Bonchev–Trinajstić information content (AvgIpc) is 2.21. The summed E-state index contributed by atoms with van der Waals surface area (Å²) in [6, 6.07) is 0. The van der Waals surface area contributed by atoms with Crippen LogP contribution in [0.3, 0.4) is 0 Å². The summed E-state index contributed by atoms with van der Waals surface area (Å²) >= 11 is 0. The molecule has 1 rings (SSSR count). The summed E-state index contributed by atoms with van der Waals surface area (Å²) < 4.78 is 0. The molecule has 0 aromatic carbocycles. The van der Waals surface area contributed by atoms with Gasteiger partial charge in [-0.3, -0.25) is 14.4 Å². The Morgan fingerprint density at radius 2 is 1.94 bits per heavy atom. The first kappa shape index (κ1) is 13.7. The van der Waals surface area contributed by atoms with Crippen LogP contribution in [0.25, 0.3) is 0 Å². The molecule has 17 heavy (non-hydrogen) atoms. The molecule has 0 aromatic heterocycles. The minimum absolute atomic E-state index is 0.0187. The minimum Gasteiger partial charge on any atom is -0.481 e. The Morgan fingerprint density at radius 1 is 1.35 bits per heavy atom. The highest BCUT2D eigenvalue weighted by molar-refractivity contribution is 5.94. The fourth-order valence-electron chi connectivity index (χ4n) is 2.68. The molecule has 1 saturated carbocycles. The van der Waals surface area contributed by atoms with Gasteiger partial charge in [-0.1, -0.05) is 19.8 Å². The van der Waals surface area contributed by atoms with Crippen molar-refractivity contribution in [3.8, 4) is 0 Å². The van der Waals surface area contributed by atoms with Gasteiger partial charge in [-0.25, -0.2) is 0 Å². The minimum atomic E-state index is -1.45. The van der Waals surface area contributed by atoms with Gasteiger partial charge in [0, 0.05) is 12.8 Å². The summed E-state index contributed by atoms with van der Waals surface area (Å²) in [4.78, 5) is 33.4. The Hall–Kier alpha value is -1.39. The molecule has 0 heterocycles. The molecule has 0 spiro atoms. The number of hydrogen-bond acceptors (Lipinski definition) is 3. The van der Waals surface area contributed by atoms with E-state index in [4.69, 9.17) is 10.2 Å². The Balaban J connectivity index is 2.89. The number of Topliss-reactive ketones (excluding diaryl/α,β-unsaturated/α-hetero) is 1. The first-order chi connectivity index (χ1) is 7.97. The van der Waals surface area contributed by atoms with Crippen molar-refractivity contribution in [2.24, 2.45) is 17.8 Å². The van der Waals surface area contributed by atoms with E-state index in [9.17, 15) is 14.4 Å². The Kier molecular flexibility index (Phi) is 4.66. The van der Waals surface area contributed by atoms with Gasteiger partial charge in [0.25, 0.3) is 0 Å². The summed E-state index contributed by atoms with van der Waals surface area (Å²) in [7, 11) is 0. The summed E-state index contributed by atoms with van der Waals surface area (Å²) in [5, 5.41) is 18.0. The third kappa shape index (κ3) is 3.28. The Bertz CT molecular complexity index is 309. The largest absolute Gasteiger partial charge is 0.481 e. The normalized spacial score (nSPS) is 24.9. The second kappa shape index (κ2) is 5.80. The number of carboxylic acid groups (broad SMARTS) is 2. The molecule has 0 saturated heterocycles. The van der Waals surface area contributed by atoms with Crippen LogP contribution in [0.15, 0.2) is 0 Å². The lowest BCUT2D eigenvalue weighted by Gasteiger charge is -2.32. The molecule has 1 aliphatic carbocycles. The molecule has 2 atom stereocenters. The van der Waals surface area contributed by atoms with Crippen LogP contribution in [0.5, 0.6) is 0 Å². The summed E-state index contributed by atoms with van der Waals surface area (Å²) in [6.07, 6.45) is 2.83. The lowest BCUT2D eigenvalue weighted by molar-refractivity contribution is -0.159. The van der Waals surface area contributed by atoms with Gasteiger partial charge in [-0.2, -0.15) is 0 Å². The van der Waals surface area contributed by atoms with Gasteiger partial charge in [0.2, 0.25) is 0 Å².